The molecule has 1 aromatic heterocycles. The van der Waals surface area contributed by atoms with E-state index >= 15 is 0 Å². The molecule has 2 aromatic carbocycles. The van der Waals surface area contributed by atoms with Crippen molar-refractivity contribution in [3.63, 3.8) is 0 Å². The molecule has 0 aliphatic carbocycles. The molecule has 3 rings (SSSR count). The highest BCUT2D eigenvalue weighted by Crippen LogP contribution is 2.29. The van der Waals surface area contributed by atoms with Gasteiger partial charge in [0.05, 0.1) is 16.3 Å². The Morgan fingerprint density at radius 1 is 1.10 bits per heavy atom. The molecule has 0 bridgehead atoms. The van der Waals surface area contributed by atoms with E-state index < -0.39 is 11.7 Å². The summed E-state index contributed by atoms with van der Waals surface area (Å²) in [6.45, 7) is 7.37. The average Bonchev–Trinajstić information content (AvgIpc) is 3.09. The summed E-state index contributed by atoms with van der Waals surface area (Å²) in [5.74, 6) is -0.111. The van der Waals surface area contributed by atoms with Gasteiger partial charge >= 0.3 is 6.09 Å². The van der Waals surface area contributed by atoms with E-state index in [1.165, 1.54) is 0 Å². The minimum Gasteiger partial charge on any atom is -0.444 e. The van der Waals surface area contributed by atoms with Gasteiger partial charge in [-0.3, -0.25) is 10.1 Å². The number of carbonyl (C=O) groups excluding carboxylic acids is 2. The maximum Gasteiger partial charge on any atom is 0.412 e. The Morgan fingerprint density at radius 3 is 2.38 bits per heavy atom. The topological polar surface area (TPSA) is 71.5 Å². The van der Waals surface area contributed by atoms with Crippen molar-refractivity contribution in [1.82, 2.24) is 9.88 Å². The van der Waals surface area contributed by atoms with Crippen molar-refractivity contribution in [2.45, 2.75) is 39.3 Å². The Morgan fingerprint density at radius 2 is 1.76 bits per heavy atom. The summed E-state index contributed by atoms with van der Waals surface area (Å²) in [4.78, 5) is 31.1. The van der Waals surface area contributed by atoms with E-state index in [4.69, 9.17) is 4.74 Å². The van der Waals surface area contributed by atoms with Gasteiger partial charge in [0.25, 0.3) is 5.91 Å². The van der Waals surface area contributed by atoms with Crippen LogP contribution < -0.4 is 5.32 Å². The van der Waals surface area contributed by atoms with Gasteiger partial charge in [0.1, 0.15) is 10.6 Å². The number of amides is 2. The summed E-state index contributed by atoms with van der Waals surface area (Å²) in [5.41, 5.74) is 1.48. The predicted octanol–water partition coefficient (Wildman–Crippen LogP) is 5.48. The van der Waals surface area contributed by atoms with Crippen LogP contribution in [0.25, 0.3) is 10.2 Å². The van der Waals surface area contributed by atoms with Crippen LogP contribution >= 0.6 is 11.3 Å². The Hall–Kier alpha value is -2.93. The lowest BCUT2D eigenvalue weighted by Gasteiger charge is -2.23. The average molecular weight is 412 g/mol. The van der Waals surface area contributed by atoms with Crippen LogP contribution in [-0.4, -0.2) is 34.5 Å². The van der Waals surface area contributed by atoms with Gasteiger partial charge in [-0.25, -0.2) is 9.78 Å². The molecule has 1 atom stereocenters. The van der Waals surface area contributed by atoms with Gasteiger partial charge in [0.2, 0.25) is 0 Å². The Bertz CT molecular complexity index is 989. The van der Waals surface area contributed by atoms with Crippen LogP contribution in [0.2, 0.25) is 0 Å². The van der Waals surface area contributed by atoms with E-state index in [1.54, 1.807) is 68.3 Å². The quantitative estimate of drug-likeness (QED) is 0.617. The summed E-state index contributed by atoms with van der Waals surface area (Å²) < 4.78 is 6.34. The summed E-state index contributed by atoms with van der Waals surface area (Å²) in [6.07, 6.45) is -0.529. The second-order valence-corrected chi connectivity index (χ2v) is 8.88. The fourth-order valence-corrected chi connectivity index (χ4v) is 3.79. The van der Waals surface area contributed by atoms with Crippen molar-refractivity contribution in [2.75, 3.05) is 12.4 Å². The lowest BCUT2D eigenvalue weighted by molar-refractivity contribution is 0.0635. The van der Waals surface area contributed by atoms with Crippen LogP contribution in [0.3, 0.4) is 0 Å². The number of ether oxygens (including phenoxy) is 1. The number of nitrogens with one attached hydrogen (secondary N) is 1. The molecule has 0 fully saturated rings. The van der Waals surface area contributed by atoms with Crippen molar-refractivity contribution < 1.29 is 14.3 Å². The van der Waals surface area contributed by atoms with E-state index in [2.05, 4.69) is 10.3 Å². The molecule has 1 N–H and O–H groups in total. The normalized spacial score (nSPS) is 12.4. The van der Waals surface area contributed by atoms with Crippen LogP contribution in [0.1, 0.15) is 49.1 Å². The Kier molecular flexibility index (Phi) is 5.88. The molecule has 6 nitrogen and oxygen atoms in total. The zero-order chi connectivity index (χ0) is 21.2. The van der Waals surface area contributed by atoms with Crippen LogP contribution in [-0.2, 0) is 4.74 Å². The number of rotatable bonds is 4. The second-order valence-electron chi connectivity index (χ2n) is 7.82. The fourth-order valence-electron chi connectivity index (χ4n) is 2.73. The molecule has 29 heavy (non-hydrogen) atoms. The number of anilines is 1. The number of nitrogens with zero attached hydrogens (tertiary/aromatic N) is 2. The molecule has 2 amide bonds. The number of carbonyl (C=O) groups is 2. The van der Waals surface area contributed by atoms with E-state index in [9.17, 15) is 9.59 Å². The molecular weight excluding hydrogens is 386 g/mol. The molecule has 7 heteroatoms. The predicted molar refractivity (Wildman–Crippen MR) is 116 cm³/mol. The Balaban J connectivity index is 1.68. The smallest absolute Gasteiger partial charge is 0.412 e. The van der Waals surface area contributed by atoms with Gasteiger partial charge < -0.3 is 9.64 Å². The van der Waals surface area contributed by atoms with Crippen LogP contribution in [0.5, 0.6) is 0 Å². The number of hydrogen-bond donors (Lipinski definition) is 1. The van der Waals surface area contributed by atoms with Crippen molar-refractivity contribution in [3.8, 4) is 0 Å². The van der Waals surface area contributed by atoms with E-state index in [0.717, 1.165) is 15.2 Å². The summed E-state index contributed by atoms with van der Waals surface area (Å²) in [5, 5.41) is 3.56. The molecular formula is C22H25N3O3S. The van der Waals surface area contributed by atoms with Crippen LogP contribution in [0.15, 0.2) is 48.5 Å². The highest BCUT2D eigenvalue weighted by atomic mass is 32.1. The molecule has 0 radical (unpaired) electrons. The molecule has 1 heterocycles. The third kappa shape index (κ3) is 5.12. The first-order chi connectivity index (χ1) is 13.6. The van der Waals surface area contributed by atoms with Crippen LogP contribution in [0.4, 0.5) is 10.5 Å². The van der Waals surface area contributed by atoms with E-state index in [0.29, 0.717) is 11.3 Å². The number of aromatic nitrogens is 1. The molecule has 0 aliphatic heterocycles. The molecule has 0 spiro atoms. The van der Waals surface area contributed by atoms with Crippen LogP contribution in [0, 0.1) is 0 Å². The zero-order valence-electron chi connectivity index (χ0n) is 17.2. The first-order valence-electron chi connectivity index (χ1n) is 9.37. The van der Waals surface area contributed by atoms with Gasteiger partial charge in [-0.2, -0.15) is 0 Å². The summed E-state index contributed by atoms with van der Waals surface area (Å²) in [6, 6.07) is 14.5. The highest BCUT2D eigenvalue weighted by Gasteiger charge is 2.22. The number of thiazole rings is 1. The fraction of sp³-hybridized carbons (Fsp3) is 0.318. The maximum atomic E-state index is 12.9. The van der Waals surface area contributed by atoms with Gasteiger partial charge in [0.15, 0.2) is 0 Å². The molecule has 152 valence electrons. The number of benzene rings is 2. The van der Waals surface area contributed by atoms with Crippen molar-refractivity contribution in [2.24, 2.45) is 0 Å². The first kappa shape index (κ1) is 20.8. The number of hydrogen-bond acceptors (Lipinski definition) is 5. The monoisotopic (exact) mass is 411 g/mol. The molecule has 0 saturated carbocycles. The first-order valence-corrected chi connectivity index (χ1v) is 10.2. The molecule has 0 unspecified atom stereocenters. The minimum atomic E-state index is -0.570. The number of fused-ring (bicyclic) bond motifs is 1. The van der Waals surface area contributed by atoms with Gasteiger partial charge in [0, 0.05) is 18.3 Å². The third-order valence-electron chi connectivity index (χ3n) is 4.35. The largest absolute Gasteiger partial charge is 0.444 e. The standard InChI is InChI=1S/C22H25N3O3S/c1-14(19-24-17-8-6-7-9-18(17)29-19)25(5)20(26)15-10-12-16(13-11-15)23-21(27)28-22(2,3)4/h6-14H,1-5H3,(H,23,27)/t14-/m1/s1. The lowest BCUT2D eigenvalue weighted by atomic mass is 10.1. The summed E-state index contributed by atoms with van der Waals surface area (Å²) >= 11 is 1.59. The number of para-hydroxylation sites is 1. The molecule has 3 aromatic rings. The van der Waals surface area contributed by atoms with Gasteiger partial charge in [-0.15, -0.1) is 11.3 Å². The Labute approximate surface area is 174 Å². The van der Waals surface area contributed by atoms with Gasteiger partial charge in [-0.1, -0.05) is 12.1 Å². The zero-order valence-corrected chi connectivity index (χ0v) is 18.0. The highest BCUT2D eigenvalue weighted by molar-refractivity contribution is 7.18. The van der Waals surface area contributed by atoms with E-state index in [-0.39, 0.29) is 11.9 Å². The SMILES string of the molecule is C[C@H](c1nc2ccccc2s1)N(C)C(=O)c1ccc(NC(=O)OC(C)(C)C)cc1. The van der Waals surface area contributed by atoms with Crippen molar-refractivity contribution in [3.05, 3.63) is 59.1 Å². The molecule has 0 saturated heterocycles. The summed E-state index contributed by atoms with van der Waals surface area (Å²) in [7, 11) is 1.77. The maximum absolute atomic E-state index is 12.9. The second kappa shape index (κ2) is 8.21. The third-order valence-corrected chi connectivity index (χ3v) is 5.55. The van der Waals surface area contributed by atoms with Crippen molar-refractivity contribution in [1.29, 1.82) is 0 Å². The molecule has 0 aliphatic rings. The lowest BCUT2D eigenvalue weighted by Crippen LogP contribution is -2.29. The van der Waals surface area contributed by atoms with Crippen molar-refractivity contribution >= 4 is 39.2 Å². The minimum absolute atomic E-state index is 0.111. The van der Waals surface area contributed by atoms with E-state index in [1.807, 2.05) is 31.2 Å². The van der Waals surface area contributed by atoms with Gasteiger partial charge in [-0.05, 0) is 64.1 Å².